The SMILES string of the molecule is OC(CC1CCC(F)(F)C1)c1ccc(Br)cc1Br. The Labute approximate surface area is 122 Å². The molecule has 1 aromatic rings. The molecule has 5 heteroatoms. The molecule has 1 aliphatic rings. The average Bonchev–Trinajstić information content (AvgIpc) is 2.57. The van der Waals surface area contributed by atoms with Crippen molar-refractivity contribution < 1.29 is 13.9 Å². The summed E-state index contributed by atoms with van der Waals surface area (Å²) < 4.78 is 27.9. The summed E-state index contributed by atoms with van der Waals surface area (Å²) in [6.45, 7) is 0. The van der Waals surface area contributed by atoms with Crippen LogP contribution in [0.15, 0.2) is 27.1 Å². The molecule has 0 spiro atoms. The Kier molecular flexibility index (Phi) is 4.44. The predicted octanol–water partition coefficient (Wildman–Crippen LogP) is 5.07. The van der Waals surface area contributed by atoms with E-state index in [1.54, 1.807) is 0 Å². The summed E-state index contributed by atoms with van der Waals surface area (Å²) in [6, 6.07) is 5.50. The van der Waals surface area contributed by atoms with Crippen LogP contribution >= 0.6 is 31.9 Å². The molecule has 1 aliphatic carbocycles. The van der Waals surface area contributed by atoms with Crippen molar-refractivity contribution in [2.75, 3.05) is 0 Å². The molecule has 1 N–H and O–H groups in total. The largest absolute Gasteiger partial charge is 0.388 e. The van der Waals surface area contributed by atoms with Crippen molar-refractivity contribution in [3.05, 3.63) is 32.7 Å². The zero-order valence-electron chi connectivity index (χ0n) is 9.67. The van der Waals surface area contributed by atoms with E-state index in [2.05, 4.69) is 31.9 Å². The normalized spacial score (nSPS) is 24.2. The molecule has 2 unspecified atom stereocenters. The molecule has 1 nitrogen and oxygen atoms in total. The van der Waals surface area contributed by atoms with Gasteiger partial charge in [0.2, 0.25) is 5.92 Å². The third-order valence-corrected chi connectivity index (χ3v) is 4.56. The van der Waals surface area contributed by atoms with Crippen molar-refractivity contribution >= 4 is 31.9 Å². The Morgan fingerprint density at radius 3 is 2.67 bits per heavy atom. The Bertz CT molecular complexity index is 437. The molecule has 0 amide bonds. The maximum atomic E-state index is 13.1. The zero-order chi connectivity index (χ0) is 13.3. The lowest BCUT2D eigenvalue weighted by molar-refractivity contribution is 0.00253. The smallest absolute Gasteiger partial charge is 0.248 e. The van der Waals surface area contributed by atoms with Crippen LogP contribution in [-0.2, 0) is 0 Å². The van der Waals surface area contributed by atoms with E-state index in [0.29, 0.717) is 12.8 Å². The first-order valence-electron chi connectivity index (χ1n) is 5.88. The van der Waals surface area contributed by atoms with Gasteiger partial charge in [0.25, 0.3) is 0 Å². The number of aliphatic hydroxyl groups is 1. The number of alkyl halides is 2. The lowest BCUT2D eigenvalue weighted by Crippen LogP contribution is -2.11. The Hall–Kier alpha value is -0.000000000000000111. The number of hydrogen-bond donors (Lipinski definition) is 1. The number of rotatable bonds is 3. The van der Waals surface area contributed by atoms with E-state index < -0.39 is 12.0 Å². The molecule has 0 aliphatic heterocycles. The van der Waals surface area contributed by atoms with Crippen molar-refractivity contribution in [2.24, 2.45) is 5.92 Å². The van der Waals surface area contributed by atoms with Crippen LogP contribution in [0.2, 0.25) is 0 Å². The van der Waals surface area contributed by atoms with E-state index in [4.69, 9.17) is 0 Å². The fourth-order valence-corrected chi connectivity index (χ4v) is 3.77. The van der Waals surface area contributed by atoms with E-state index in [1.165, 1.54) is 0 Å². The maximum absolute atomic E-state index is 13.1. The fraction of sp³-hybridized carbons (Fsp3) is 0.538. The van der Waals surface area contributed by atoms with Gasteiger partial charge >= 0.3 is 0 Å². The molecule has 100 valence electrons. The second-order valence-electron chi connectivity index (χ2n) is 4.88. The first-order chi connectivity index (χ1) is 8.37. The second-order valence-corrected chi connectivity index (χ2v) is 6.65. The molecule has 1 saturated carbocycles. The van der Waals surface area contributed by atoms with Gasteiger partial charge in [-0.25, -0.2) is 8.78 Å². The molecule has 0 bridgehead atoms. The molecule has 0 heterocycles. The van der Waals surface area contributed by atoms with Gasteiger partial charge in [-0.3, -0.25) is 0 Å². The third-order valence-electron chi connectivity index (χ3n) is 3.38. The van der Waals surface area contributed by atoms with Crippen LogP contribution in [0.5, 0.6) is 0 Å². The molecular weight excluding hydrogens is 370 g/mol. The van der Waals surface area contributed by atoms with Crippen LogP contribution in [0.25, 0.3) is 0 Å². The summed E-state index contributed by atoms with van der Waals surface area (Å²) in [7, 11) is 0. The zero-order valence-corrected chi connectivity index (χ0v) is 12.8. The van der Waals surface area contributed by atoms with Crippen molar-refractivity contribution in [1.29, 1.82) is 0 Å². The number of aliphatic hydroxyl groups excluding tert-OH is 1. The quantitative estimate of drug-likeness (QED) is 0.772. The highest BCUT2D eigenvalue weighted by molar-refractivity contribution is 9.11. The Balaban J connectivity index is 2.02. The Morgan fingerprint density at radius 2 is 2.11 bits per heavy atom. The monoisotopic (exact) mass is 382 g/mol. The lowest BCUT2D eigenvalue weighted by Gasteiger charge is -2.17. The lowest BCUT2D eigenvalue weighted by atomic mass is 9.95. The highest BCUT2D eigenvalue weighted by Crippen LogP contribution is 2.43. The van der Waals surface area contributed by atoms with Crippen molar-refractivity contribution in [1.82, 2.24) is 0 Å². The van der Waals surface area contributed by atoms with Gasteiger partial charge in [0, 0.05) is 21.8 Å². The van der Waals surface area contributed by atoms with Crippen LogP contribution in [0, 0.1) is 5.92 Å². The first kappa shape index (κ1) is 14.4. The second kappa shape index (κ2) is 5.55. The summed E-state index contributed by atoms with van der Waals surface area (Å²) in [5.41, 5.74) is 0.758. The van der Waals surface area contributed by atoms with Crippen LogP contribution in [0.3, 0.4) is 0 Å². The first-order valence-corrected chi connectivity index (χ1v) is 7.47. The molecule has 18 heavy (non-hydrogen) atoms. The fourth-order valence-electron chi connectivity index (χ4n) is 2.46. The molecule has 2 atom stereocenters. The van der Waals surface area contributed by atoms with Gasteiger partial charge in [-0.05, 0) is 36.5 Å². The predicted molar refractivity (Wildman–Crippen MR) is 73.7 cm³/mol. The van der Waals surface area contributed by atoms with E-state index in [0.717, 1.165) is 14.5 Å². The molecule has 2 rings (SSSR count). The van der Waals surface area contributed by atoms with Crippen molar-refractivity contribution in [3.63, 3.8) is 0 Å². The minimum atomic E-state index is -2.54. The molecule has 0 radical (unpaired) electrons. The highest BCUT2D eigenvalue weighted by atomic mass is 79.9. The maximum Gasteiger partial charge on any atom is 0.248 e. The van der Waals surface area contributed by atoms with Gasteiger partial charge in [-0.15, -0.1) is 0 Å². The number of benzene rings is 1. The topological polar surface area (TPSA) is 20.2 Å². The number of halogens is 4. The summed E-state index contributed by atoms with van der Waals surface area (Å²) in [6.07, 6.45) is 0.0596. The van der Waals surface area contributed by atoms with Crippen molar-refractivity contribution in [3.8, 4) is 0 Å². The van der Waals surface area contributed by atoms with Gasteiger partial charge in [0.1, 0.15) is 0 Å². The van der Waals surface area contributed by atoms with Gasteiger partial charge in [0.05, 0.1) is 6.10 Å². The Morgan fingerprint density at radius 1 is 1.39 bits per heavy atom. The molecular formula is C13H14Br2F2O. The molecule has 0 aromatic heterocycles. The summed E-state index contributed by atoms with van der Waals surface area (Å²) in [5.74, 6) is -2.63. The van der Waals surface area contributed by atoms with Gasteiger partial charge in [0.15, 0.2) is 0 Å². The number of hydrogen-bond acceptors (Lipinski definition) is 1. The molecule has 1 aromatic carbocycles. The third kappa shape index (κ3) is 3.52. The molecule has 1 fully saturated rings. The van der Waals surface area contributed by atoms with E-state index >= 15 is 0 Å². The highest BCUT2D eigenvalue weighted by Gasteiger charge is 2.40. The van der Waals surface area contributed by atoms with Gasteiger partial charge in [-0.1, -0.05) is 37.9 Å². The van der Waals surface area contributed by atoms with Crippen LogP contribution < -0.4 is 0 Å². The van der Waals surface area contributed by atoms with E-state index in [1.807, 2.05) is 18.2 Å². The van der Waals surface area contributed by atoms with Crippen LogP contribution in [-0.4, -0.2) is 11.0 Å². The minimum Gasteiger partial charge on any atom is -0.388 e. The average molecular weight is 384 g/mol. The van der Waals surface area contributed by atoms with Crippen molar-refractivity contribution in [2.45, 2.75) is 37.7 Å². The van der Waals surface area contributed by atoms with E-state index in [-0.39, 0.29) is 18.8 Å². The van der Waals surface area contributed by atoms with Crippen LogP contribution in [0.4, 0.5) is 8.78 Å². The standard InChI is InChI=1S/C13H14Br2F2O/c14-9-1-2-10(11(15)6-9)12(18)5-8-3-4-13(16,17)7-8/h1-2,6,8,12,18H,3-5,7H2. The summed E-state index contributed by atoms with van der Waals surface area (Å²) in [5, 5.41) is 10.1. The van der Waals surface area contributed by atoms with E-state index in [9.17, 15) is 13.9 Å². The summed E-state index contributed by atoms with van der Waals surface area (Å²) in [4.78, 5) is 0. The molecule has 0 saturated heterocycles. The van der Waals surface area contributed by atoms with Gasteiger partial charge < -0.3 is 5.11 Å². The summed E-state index contributed by atoms with van der Waals surface area (Å²) >= 11 is 6.72. The minimum absolute atomic E-state index is 0.0497. The van der Waals surface area contributed by atoms with Gasteiger partial charge in [-0.2, -0.15) is 0 Å². The van der Waals surface area contributed by atoms with Crippen LogP contribution in [0.1, 0.15) is 37.4 Å².